The van der Waals surface area contributed by atoms with Crippen LogP contribution in [0.5, 0.6) is 5.75 Å². The summed E-state index contributed by atoms with van der Waals surface area (Å²) in [6.07, 6.45) is 8.72. The second kappa shape index (κ2) is 9.97. The summed E-state index contributed by atoms with van der Waals surface area (Å²) in [5.41, 5.74) is 2.81. The van der Waals surface area contributed by atoms with Crippen molar-refractivity contribution in [3.63, 3.8) is 0 Å². The van der Waals surface area contributed by atoms with Gasteiger partial charge in [0, 0.05) is 0 Å². The van der Waals surface area contributed by atoms with Crippen molar-refractivity contribution < 1.29 is 14.6 Å². The average molecular weight is 447 g/mol. The number of aliphatic hydroxyl groups excluding tert-OH is 2. The molecule has 0 radical (unpaired) electrons. The number of fused-ring (bicyclic) bond motifs is 2. The van der Waals surface area contributed by atoms with E-state index in [1.165, 1.54) is 24.0 Å². The molecule has 4 heteroatoms. The van der Waals surface area contributed by atoms with Crippen molar-refractivity contribution >= 4 is 8.32 Å². The van der Waals surface area contributed by atoms with Gasteiger partial charge in [0.05, 0.1) is 12.2 Å². The minimum Gasteiger partial charge on any atom is -0.543 e. The first-order valence-electron chi connectivity index (χ1n) is 12.7. The van der Waals surface area contributed by atoms with Gasteiger partial charge in [-0.3, -0.25) is 0 Å². The Morgan fingerprint density at radius 3 is 2.55 bits per heavy atom. The SMILES string of the molecule is CCCCC[C@@H](O)CC[C@H]1[C@@H]2Cc3cccc(O[Si](C)(C)C(C)(C)C)c3C[C@@H]2C[C@@H]1O. The molecule has 3 nitrogen and oxygen atoms in total. The Kier molecular flexibility index (Phi) is 7.97. The van der Waals surface area contributed by atoms with E-state index in [2.05, 4.69) is 59.0 Å². The van der Waals surface area contributed by atoms with E-state index < -0.39 is 8.32 Å². The third kappa shape index (κ3) is 5.75. The van der Waals surface area contributed by atoms with Crippen molar-refractivity contribution in [2.24, 2.45) is 17.8 Å². The molecule has 0 heterocycles. The normalized spacial score (nSPS) is 27.0. The number of unbranched alkanes of at least 4 members (excludes halogenated alkanes) is 2. The number of aliphatic hydroxyl groups is 2. The molecule has 0 spiro atoms. The van der Waals surface area contributed by atoms with Crippen LogP contribution < -0.4 is 4.43 Å². The van der Waals surface area contributed by atoms with Crippen molar-refractivity contribution in [3.8, 4) is 5.75 Å². The molecule has 0 bridgehead atoms. The Hall–Kier alpha value is -0.843. The molecule has 176 valence electrons. The molecule has 1 aromatic rings. The lowest BCUT2D eigenvalue weighted by Crippen LogP contribution is -2.44. The molecule has 0 saturated heterocycles. The van der Waals surface area contributed by atoms with Gasteiger partial charge in [0.1, 0.15) is 5.75 Å². The summed E-state index contributed by atoms with van der Waals surface area (Å²) in [5, 5.41) is 21.5. The fraction of sp³-hybridized carbons (Fsp3) is 0.778. The quantitative estimate of drug-likeness (QED) is 0.336. The molecule has 1 fully saturated rings. The van der Waals surface area contributed by atoms with Crippen LogP contribution in [0.4, 0.5) is 0 Å². The average Bonchev–Trinajstić information content (AvgIpc) is 2.98. The van der Waals surface area contributed by atoms with Gasteiger partial charge in [-0.15, -0.1) is 0 Å². The van der Waals surface area contributed by atoms with Crippen LogP contribution in [0.1, 0.15) is 83.8 Å². The third-order valence-electron chi connectivity index (χ3n) is 8.49. The predicted molar refractivity (Wildman–Crippen MR) is 132 cm³/mol. The molecule has 0 unspecified atom stereocenters. The molecule has 2 N–H and O–H groups in total. The lowest BCUT2D eigenvalue weighted by molar-refractivity contribution is 0.0869. The number of benzene rings is 1. The number of hydrogen-bond acceptors (Lipinski definition) is 3. The zero-order chi connectivity index (χ0) is 22.8. The summed E-state index contributed by atoms with van der Waals surface area (Å²) in [7, 11) is -1.88. The van der Waals surface area contributed by atoms with Crippen LogP contribution in [-0.4, -0.2) is 30.7 Å². The fourth-order valence-corrected chi connectivity index (χ4v) is 6.53. The maximum Gasteiger partial charge on any atom is 0.250 e. The van der Waals surface area contributed by atoms with Gasteiger partial charge in [0.2, 0.25) is 8.32 Å². The van der Waals surface area contributed by atoms with Crippen molar-refractivity contribution in [2.45, 2.75) is 116 Å². The van der Waals surface area contributed by atoms with E-state index in [1.54, 1.807) is 0 Å². The Morgan fingerprint density at radius 1 is 1.13 bits per heavy atom. The molecule has 2 aliphatic rings. The summed E-state index contributed by atoms with van der Waals surface area (Å²) < 4.78 is 6.74. The van der Waals surface area contributed by atoms with E-state index >= 15 is 0 Å². The second-order valence-electron chi connectivity index (χ2n) is 11.8. The van der Waals surface area contributed by atoms with Crippen LogP contribution in [0.15, 0.2) is 18.2 Å². The maximum atomic E-state index is 10.9. The molecule has 1 aromatic carbocycles. The van der Waals surface area contributed by atoms with Crippen LogP contribution in [0, 0.1) is 17.8 Å². The molecule has 0 aromatic heterocycles. The summed E-state index contributed by atoms with van der Waals surface area (Å²) in [5.74, 6) is 2.48. The number of rotatable bonds is 9. The van der Waals surface area contributed by atoms with Gasteiger partial charge >= 0.3 is 0 Å². The van der Waals surface area contributed by atoms with E-state index in [1.807, 2.05) is 0 Å². The standard InChI is InChI=1S/C27H46O3Si/c1-7-8-9-12-21(28)14-15-22-23-16-19-11-10-13-26(30-31(5,6)27(2,3)4)24(19)17-20(23)18-25(22)29/h10-11,13,20-23,25,28-29H,7-9,12,14-18H2,1-6H3/t20-,21-,22+,23-,25+/m1/s1. The van der Waals surface area contributed by atoms with Crippen molar-refractivity contribution in [3.05, 3.63) is 29.3 Å². The largest absolute Gasteiger partial charge is 0.543 e. The van der Waals surface area contributed by atoms with Crippen molar-refractivity contribution in [2.75, 3.05) is 0 Å². The highest BCUT2D eigenvalue weighted by atomic mass is 28.4. The lowest BCUT2D eigenvalue weighted by Gasteiger charge is -2.39. The highest BCUT2D eigenvalue weighted by Crippen LogP contribution is 2.49. The van der Waals surface area contributed by atoms with Gasteiger partial charge in [-0.25, -0.2) is 0 Å². The first kappa shape index (κ1) is 24.8. The Bertz CT molecular complexity index is 724. The van der Waals surface area contributed by atoms with E-state index in [0.29, 0.717) is 17.8 Å². The molecule has 3 rings (SSSR count). The Labute approximate surface area is 191 Å². The fourth-order valence-electron chi connectivity index (χ4n) is 5.49. The van der Waals surface area contributed by atoms with Gasteiger partial charge in [0.25, 0.3) is 0 Å². The Balaban J connectivity index is 1.69. The van der Waals surface area contributed by atoms with Crippen molar-refractivity contribution in [1.29, 1.82) is 0 Å². The minimum atomic E-state index is -1.88. The second-order valence-corrected chi connectivity index (χ2v) is 16.5. The highest BCUT2D eigenvalue weighted by molar-refractivity contribution is 6.74. The molecule has 1 saturated carbocycles. The summed E-state index contributed by atoms with van der Waals surface area (Å²) in [4.78, 5) is 0. The molecule has 5 atom stereocenters. The van der Waals surface area contributed by atoms with E-state index in [9.17, 15) is 10.2 Å². The van der Waals surface area contributed by atoms with Crippen LogP contribution in [0.25, 0.3) is 0 Å². The number of hydrogen-bond donors (Lipinski definition) is 2. The summed E-state index contributed by atoms with van der Waals surface area (Å²) >= 11 is 0. The maximum absolute atomic E-state index is 10.9. The van der Waals surface area contributed by atoms with Crippen LogP contribution in [0.3, 0.4) is 0 Å². The van der Waals surface area contributed by atoms with Gasteiger partial charge in [-0.1, -0.05) is 59.1 Å². The molecule has 2 aliphatic carbocycles. The predicted octanol–water partition coefficient (Wildman–Crippen LogP) is 6.50. The first-order chi connectivity index (χ1) is 14.5. The molecule has 31 heavy (non-hydrogen) atoms. The molecular formula is C27H46O3Si. The van der Waals surface area contributed by atoms with E-state index in [4.69, 9.17) is 4.43 Å². The van der Waals surface area contributed by atoms with Crippen LogP contribution in [0.2, 0.25) is 18.1 Å². The van der Waals surface area contributed by atoms with E-state index in [-0.39, 0.29) is 17.2 Å². The van der Waals surface area contributed by atoms with Gasteiger partial charge in [-0.05, 0) is 91.6 Å². The Morgan fingerprint density at radius 2 is 1.87 bits per heavy atom. The first-order valence-corrected chi connectivity index (χ1v) is 15.6. The van der Waals surface area contributed by atoms with Crippen LogP contribution in [-0.2, 0) is 12.8 Å². The third-order valence-corrected chi connectivity index (χ3v) is 12.8. The highest BCUT2D eigenvalue weighted by Gasteiger charge is 2.45. The summed E-state index contributed by atoms with van der Waals surface area (Å²) in [6.45, 7) is 13.7. The monoisotopic (exact) mass is 446 g/mol. The lowest BCUT2D eigenvalue weighted by atomic mass is 9.73. The van der Waals surface area contributed by atoms with E-state index in [0.717, 1.165) is 50.7 Å². The molecular weight excluding hydrogens is 400 g/mol. The van der Waals surface area contributed by atoms with Gasteiger partial charge in [0.15, 0.2) is 0 Å². The molecule has 0 amide bonds. The van der Waals surface area contributed by atoms with Crippen molar-refractivity contribution in [1.82, 2.24) is 0 Å². The minimum absolute atomic E-state index is 0.180. The zero-order valence-electron chi connectivity index (χ0n) is 20.8. The van der Waals surface area contributed by atoms with Gasteiger partial charge in [-0.2, -0.15) is 0 Å². The zero-order valence-corrected chi connectivity index (χ0v) is 21.8. The smallest absolute Gasteiger partial charge is 0.250 e. The van der Waals surface area contributed by atoms with Crippen LogP contribution >= 0.6 is 0 Å². The molecule has 0 aliphatic heterocycles. The topological polar surface area (TPSA) is 49.7 Å². The van der Waals surface area contributed by atoms with Gasteiger partial charge < -0.3 is 14.6 Å². The summed E-state index contributed by atoms with van der Waals surface area (Å²) in [6, 6.07) is 6.58.